The molecule has 2 rings (SSSR count). The molecule has 8 heteroatoms. The molecule has 0 heterocycles. The molecule has 0 aromatic heterocycles. The van der Waals surface area contributed by atoms with Crippen LogP contribution in [0.2, 0.25) is 5.02 Å². The number of benzene rings is 1. The third-order valence-electron chi connectivity index (χ3n) is 3.83. The van der Waals surface area contributed by atoms with Gasteiger partial charge in [0.05, 0.1) is 11.8 Å². The first-order chi connectivity index (χ1) is 9.05. The number of rotatable bonds is 3. The first kappa shape index (κ1) is 15.5. The van der Waals surface area contributed by atoms with Crippen molar-refractivity contribution in [3.05, 3.63) is 23.0 Å². The molecular weight excluding hydrogens is 307 g/mol. The minimum atomic E-state index is -4.09. The maximum Gasteiger partial charge on any atom is 0.243 e. The third kappa shape index (κ3) is 2.50. The van der Waals surface area contributed by atoms with Crippen molar-refractivity contribution in [2.75, 3.05) is 5.73 Å². The Bertz CT molecular complexity index is 648. The SMILES string of the molecule is CC1(C)C(O)CC1NS(=O)(=O)c1cc(Cl)cc(N)c1F. The minimum Gasteiger partial charge on any atom is -0.396 e. The standard InChI is InChI=1S/C12H16ClFN2O3S/c1-12(2)9(5-10(12)17)16-20(18,19)8-4-6(13)3-7(15)11(8)14/h3-4,9-10,16-17H,5,15H2,1-2H3. The Kier molecular flexibility index (Phi) is 3.75. The van der Waals surface area contributed by atoms with Crippen LogP contribution in [0.25, 0.3) is 0 Å². The topological polar surface area (TPSA) is 92.4 Å². The van der Waals surface area contributed by atoms with Gasteiger partial charge in [0.25, 0.3) is 0 Å². The van der Waals surface area contributed by atoms with Crippen molar-refractivity contribution in [2.24, 2.45) is 5.41 Å². The number of hydrogen-bond acceptors (Lipinski definition) is 4. The van der Waals surface area contributed by atoms with Gasteiger partial charge in [-0.2, -0.15) is 0 Å². The Labute approximate surface area is 122 Å². The van der Waals surface area contributed by atoms with Gasteiger partial charge in [-0.15, -0.1) is 0 Å². The van der Waals surface area contributed by atoms with E-state index in [1.165, 1.54) is 0 Å². The fourth-order valence-corrected chi connectivity index (χ4v) is 3.96. The molecule has 4 N–H and O–H groups in total. The number of nitrogens with two attached hydrogens (primary N) is 1. The molecule has 2 atom stereocenters. The average Bonchev–Trinajstić information content (AvgIpc) is 2.33. The molecule has 1 aliphatic carbocycles. The van der Waals surface area contributed by atoms with E-state index in [2.05, 4.69) is 4.72 Å². The van der Waals surface area contributed by atoms with Crippen LogP contribution in [0.5, 0.6) is 0 Å². The summed E-state index contributed by atoms with van der Waals surface area (Å²) in [6.07, 6.45) is -0.311. The smallest absolute Gasteiger partial charge is 0.243 e. The summed E-state index contributed by atoms with van der Waals surface area (Å²) in [5.41, 5.74) is 4.45. The molecule has 2 unspecified atom stereocenters. The zero-order chi connectivity index (χ0) is 15.3. The van der Waals surface area contributed by atoms with E-state index in [1.54, 1.807) is 13.8 Å². The van der Waals surface area contributed by atoms with Gasteiger partial charge in [0.15, 0.2) is 5.82 Å². The average molecular weight is 323 g/mol. The van der Waals surface area contributed by atoms with Crippen LogP contribution >= 0.6 is 11.6 Å². The lowest BCUT2D eigenvalue weighted by Gasteiger charge is -2.49. The molecule has 1 fully saturated rings. The van der Waals surface area contributed by atoms with Gasteiger partial charge in [-0.05, 0) is 18.6 Å². The highest BCUT2D eigenvalue weighted by atomic mass is 35.5. The molecule has 0 radical (unpaired) electrons. The van der Waals surface area contributed by atoms with E-state index in [-0.39, 0.29) is 17.1 Å². The van der Waals surface area contributed by atoms with Gasteiger partial charge in [-0.1, -0.05) is 25.4 Å². The number of hydrogen-bond donors (Lipinski definition) is 3. The van der Waals surface area contributed by atoms with E-state index in [0.29, 0.717) is 0 Å². The molecule has 1 aromatic rings. The van der Waals surface area contributed by atoms with Crippen LogP contribution in [0.1, 0.15) is 20.3 Å². The van der Waals surface area contributed by atoms with Gasteiger partial charge in [0, 0.05) is 16.5 Å². The molecule has 1 saturated carbocycles. The second-order valence-electron chi connectivity index (χ2n) is 5.55. The summed E-state index contributed by atoms with van der Waals surface area (Å²) in [6, 6.07) is 1.69. The molecule has 1 aromatic carbocycles. The van der Waals surface area contributed by atoms with Gasteiger partial charge >= 0.3 is 0 Å². The van der Waals surface area contributed by atoms with Crippen LogP contribution in [-0.4, -0.2) is 25.7 Å². The molecule has 0 saturated heterocycles. The normalized spacial score (nSPS) is 25.2. The molecular formula is C12H16ClFN2O3S. The molecule has 0 amide bonds. The van der Waals surface area contributed by atoms with Gasteiger partial charge in [-0.25, -0.2) is 17.5 Å². The summed E-state index contributed by atoms with van der Waals surface area (Å²) >= 11 is 5.71. The van der Waals surface area contributed by atoms with Crippen LogP contribution < -0.4 is 10.5 Å². The second-order valence-corrected chi connectivity index (χ2v) is 7.67. The molecule has 5 nitrogen and oxygen atoms in total. The number of anilines is 1. The van der Waals surface area contributed by atoms with Crippen molar-refractivity contribution >= 4 is 27.3 Å². The maximum atomic E-state index is 13.9. The van der Waals surface area contributed by atoms with Crippen molar-refractivity contribution < 1.29 is 17.9 Å². The monoisotopic (exact) mass is 322 g/mol. The van der Waals surface area contributed by atoms with Gasteiger partial charge < -0.3 is 10.8 Å². The highest BCUT2D eigenvalue weighted by molar-refractivity contribution is 7.89. The zero-order valence-corrected chi connectivity index (χ0v) is 12.6. The van der Waals surface area contributed by atoms with Crippen molar-refractivity contribution in [3.63, 3.8) is 0 Å². The van der Waals surface area contributed by atoms with E-state index >= 15 is 0 Å². The first-order valence-corrected chi connectivity index (χ1v) is 7.86. The fraction of sp³-hybridized carbons (Fsp3) is 0.500. The summed E-state index contributed by atoms with van der Waals surface area (Å²) < 4.78 is 40.7. The first-order valence-electron chi connectivity index (χ1n) is 6.00. The fourth-order valence-electron chi connectivity index (χ4n) is 2.13. The predicted octanol–water partition coefficient (Wildman–Crippen LogP) is 1.50. The number of sulfonamides is 1. The van der Waals surface area contributed by atoms with E-state index < -0.39 is 38.3 Å². The minimum absolute atomic E-state index is 0.0391. The van der Waals surface area contributed by atoms with Gasteiger partial charge in [-0.3, -0.25) is 0 Å². The lowest BCUT2D eigenvalue weighted by atomic mass is 9.65. The van der Waals surface area contributed by atoms with E-state index in [0.717, 1.165) is 12.1 Å². The molecule has 0 spiro atoms. The van der Waals surface area contributed by atoms with Crippen molar-refractivity contribution in [2.45, 2.75) is 37.3 Å². The van der Waals surface area contributed by atoms with Crippen LogP contribution in [0.3, 0.4) is 0 Å². The summed E-state index contributed by atoms with van der Waals surface area (Å²) in [6.45, 7) is 3.47. The van der Waals surface area contributed by atoms with Crippen LogP contribution in [-0.2, 0) is 10.0 Å². The van der Waals surface area contributed by atoms with Crippen LogP contribution in [0.15, 0.2) is 17.0 Å². The number of aliphatic hydroxyl groups is 1. The Morgan fingerprint density at radius 3 is 2.60 bits per heavy atom. The second kappa shape index (κ2) is 4.84. The number of nitrogens with one attached hydrogen (secondary N) is 1. The van der Waals surface area contributed by atoms with E-state index in [9.17, 15) is 17.9 Å². The maximum absolute atomic E-state index is 13.9. The Morgan fingerprint density at radius 2 is 2.10 bits per heavy atom. The molecule has 112 valence electrons. The Hall–Kier alpha value is -0.890. The third-order valence-corrected chi connectivity index (χ3v) is 5.52. The van der Waals surface area contributed by atoms with Gasteiger partial charge in [0.2, 0.25) is 10.0 Å². The highest BCUT2D eigenvalue weighted by Crippen LogP contribution is 2.41. The van der Waals surface area contributed by atoms with E-state index in [1.807, 2.05) is 0 Å². The lowest BCUT2D eigenvalue weighted by Crippen LogP contribution is -2.61. The Morgan fingerprint density at radius 1 is 1.50 bits per heavy atom. The summed E-state index contributed by atoms with van der Waals surface area (Å²) in [5, 5.41) is 9.65. The highest BCUT2D eigenvalue weighted by Gasteiger charge is 2.49. The predicted molar refractivity (Wildman–Crippen MR) is 74.3 cm³/mol. The quantitative estimate of drug-likeness (QED) is 0.735. The summed E-state index contributed by atoms with van der Waals surface area (Å²) in [7, 11) is -4.09. The van der Waals surface area contributed by atoms with Crippen molar-refractivity contribution in [1.82, 2.24) is 4.72 Å². The number of halogens is 2. The Balaban J connectivity index is 2.33. The van der Waals surface area contributed by atoms with E-state index in [4.69, 9.17) is 17.3 Å². The molecule has 0 bridgehead atoms. The van der Waals surface area contributed by atoms with Crippen molar-refractivity contribution in [3.8, 4) is 0 Å². The van der Waals surface area contributed by atoms with Crippen molar-refractivity contribution in [1.29, 1.82) is 0 Å². The number of aliphatic hydroxyl groups excluding tert-OH is 1. The summed E-state index contributed by atoms with van der Waals surface area (Å²) in [5.74, 6) is -1.03. The van der Waals surface area contributed by atoms with Gasteiger partial charge in [0.1, 0.15) is 4.90 Å². The lowest BCUT2D eigenvalue weighted by molar-refractivity contribution is -0.0645. The summed E-state index contributed by atoms with van der Waals surface area (Å²) in [4.78, 5) is -0.584. The largest absolute Gasteiger partial charge is 0.396 e. The zero-order valence-electron chi connectivity index (χ0n) is 11.0. The van der Waals surface area contributed by atoms with Crippen LogP contribution in [0, 0.1) is 11.2 Å². The molecule has 1 aliphatic rings. The molecule has 20 heavy (non-hydrogen) atoms. The number of nitrogen functional groups attached to an aromatic ring is 1. The molecule has 0 aliphatic heterocycles. The van der Waals surface area contributed by atoms with Crippen LogP contribution in [0.4, 0.5) is 10.1 Å².